The Kier molecular flexibility index (Phi) is 3.95. The summed E-state index contributed by atoms with van der Waals surface area (Å²) in [5, 5.41) is 12.7. The van der Waals surface area contributed by atoms with Crippen molar-refractivity contribution in [3.05, 3.63) is 0 Å². The largest absolute Gasteiger partial charge is 0.299 e. The fourth-order valence-electron chi connectivity index (χ4n) is 2.20. The van der Waals surface area contributed by atoms with Crippen LogP contribution in [0.25, 0.3) is 0 Å². The van der Waals surface area contributed by atoms with Crippen LogP contribution in [0.4, 0.5) is 0 Å². The minimum Gasteiger partial charge on any atom is -0.299 e. The third kappa shape index (κ3) is 2.72. The maximum absolute atomic E-state index is 9.23. The topological polar surface area (TPSA) is 35.8 Å². The van der Waals surface area contributed by atoms with Gasteiger partial charge in [0.15, 0.2) is 0 Å². The average molecular weight is 194 g/mol. The zero-order chi connectivity index (χ0) is 10.6. The van der Waals surface area contributed by atoms with Crippen molar-refractivity contribution in [2.75, 3.05) is 6.54 Å². The van der Waals surface area contributed by atoms with Gasteiger partial charge in [-0.05, 0) is 37.6 Å². The Morgan fingerprint density at radius 2 is 2.29 bits per heavy atom. The molecule has 1 N–H and O–H groups in total. The molecule has 0 aromatic carbocycles. The molecule has 2 heteroatoms. The Bertz CT molecular complexity index is 217. The van der Waals surface area contributed by atoms with E-state index in [-0.39, 0.29) is 5.54 Å². The summed E-state index contributed by atoms with van der Waals surface area (Å²) in [4.78, 5) is 0. The lowest BCUT2D eigenvalue weighted by Gasteiger charge is -2.24. The Balaban J connectivity index is 2.49. The highest BCUT2D eigenvalue weighted by atomic mass is 15.0. The van der Waals surface area contributed by atoms with E-state index in [1.54, 1.807) is 0 Å². The van der Waals surface area contributed by atoms with E-state index in [2.05, 4.69) is 32.2 Å². The number of nitrogens with zero attached hydrogens (tertiary/aromatic N) is 1. The molecule has 0 spiro atoms. The van der Waals surface area contributed by atoms with Gasteiger partial charge in [-0.2, -0.15) is 5.26 Å². The van der Waals surface area contributed by atoms with Crippen molar-refractivity contribution in [2.45, 2.75) is 52.0 Å². The van der Waals surface area contributed by atoms with Crippen LogP contribution in [-0.4, -0.2) is 12.1 Å². The van der Waals surface area contributed by atoms with Gasteiger partial charge in [0.25, 0.3) is 0 Å². The molecular formula is C12H22N2. The SMILES string of the molecule is CCC1CCC(C#N)(NCC(C)C)C1. The van der Waals surface area contributed by atoms with Crippen LogP contribution in [0.15, 0.2) is 0 Å². The summed E-state index contributed by atoms with van der Waals surface area (Å²) in [6.07, 6.45) is 4.52. The number of hydrogen-bond acceptors (Lipinski definition) is 2. The molecule has 80 valence electrons. The van der Waals surface area contributed by atoms with Gasteiger partial charge in [-0.3, -0.25) is 5.32 Å². The molecule has 1 aliphatic carbocycles. The second-order valence-electron chi connectivity index (χ2n) is 4.99. The van der Waals surface area contributed by atoms with Crippen LogP contribution in [0.5, 0.6) is 0 Å². The van der Waals surface area contributed by atoms with Crippen molar-refractivity contribution in [1.82, 2.24) is 5.32 Å². The van der Waals surface area contributed by atoms with Gasteiger partial charge in [-0.15, -0.1) is 0 Å². The average Bonchev–Trinajstić information content (AvgIpc) is 2.59. The van der Waals surface area contributed by atoms with Crippen LogP contribution in [-0.2, 0) is 0 Å². The molecule has 1 saturated carbocycles. The summed E-state index contributed by atoms with van der Waals surface area (Å²) in [6.45, 7) is 7.55. The van der Waals surface area contributed by atoms with E-state index in [9.17, 15) is 5.26 Å². The van der Waals surface area contributed by atoms with E-state index in [0.29, 0.717) is 5.92 Å². The van der Waals surface area contributed by atoms with Crippen molar-refractivity contribution in [1.29, 1.82) is 5.26 Å². The highest BCUT2D eigenvalue weighted by Crippen LogP contribution is 2.35. The molecule has 14 heavy (non-hydrogen) atoms. The number of nitrogens with one attached hydrogen (secondary N) is 1. The Labute approximate surface area is 87.7 Å². The summed E-state index contributed by atoms with van der Waals surface area (Å²) in [5.41, 5.74) is -0.203. The lowest BCUT2D eigenvalue weighted by molar-refractivity contribution is 0.375. The molecule has 1 rings (SSSR count). The third-order valence-corrected chi connectivity index (χ3v) is 3.26. The highest BCUT2D eigenvalue weighted by Gasteiger charge is 2.38. The quantitative estimate of drug-likeness (QED) is 0.747. The van der Waals surface area contributed by atoms with Crippen LogP contribution in [0, 0.1) is 23.2 Å². The minimum atomic E-state index is -0.203. The van der Waals surface area contributed by atoms with Crippen LogP contribution in [0.3, 0.4) is 0 Å². The molecule has 2 atom stereocenters. The standard InChI is InChI=1S/C12H22N2/c1-4-11-5-6-12(7-11,9-13)14-8-10(2)3/h10-11,14H,4-8H2,1-3H3. The van der Waals surface area contributed by atoms with Gasteiger partial charge < -0.3 is 0 Å². The maximum Gasteiger partial charge on any atom is 0.107 e. The van der Waals surface area contributed by atoms with Crippen LogP contribution >= 0.6 is 0 Å². The third-order valence-electron chi connectivity index (χ3n) is 3.26. The molecule has 0 bridgehead atoms. The summed E-state index contributed by atoms with van der Waals surface area (Å²) < 4.78 is 0. The van der Waals surface area contributed by atoms with Crippen LogP contribution < -0.4 is 5.32 Å². The maximum atomic E-state index is 9.23. The molecule has 0 heterocycles. The van der Waals surface area contributed by atoms with Gasteiger partial charge in [0, 0.05) is 0 Å². The van der Waals surface area contributed by atoms with Crippen molar-refractivity contribution < 1.29 is 0 Å². The summed E-state index contributed by atoms with van der Waals surface area (Å²) in [7, 11) is 0. The van der Waals surface area contributed by atoms with Gasteiger partial charge in [0.1, 0.15) is 5.54 Å². The molecule has 0 radical (unpaired) electrons. The van der Waals surface area contributed by atoms with Gasteiger partial charge in [-0.1, -0.05) is 27.2 Å². The first kappa shape index (κ1) is 11.5. The molecule has 0 aromatic heterocycles. The minimum absolute atomic E-state index is 0.203. The van der Waals surface area contributed by atoms with Crippen molar-refractivity contribution in [2.24, 2.45) is 11.8 Å². The molecule has 0 aliphatic heterocycles. The first-order chi connectivity index (χ1) is 6.62. The van der Waals surface area contributed by atoms with Gasteiger partial charge in [-0.25, -0.2) is 0 Å². The van der Waals surface area contributed by atoms with Gasteiger partial charge in [0.05, 0.1) is 6.07 Å². The smallest absolute Gasteiger partial charge is 0.107 e. The number of rotatable bonds is 4. The summed E-state index contributed by atoms with van der Waals surface area (Å²) >= 11 is 0. The summed E-state index contributed by atoms with van der Waals surface area (Å²) in [6, 6.07) is 2.49. The lowest BCUT2D eigenvalue weighted by Crippen LogP contribution is -2.43. The van der Waals surface area contributed by atoms with E-state index >= 15 is 0 Å². The molecule has 0 saturated heterocycles. The molecule has 2 nitrogen and oxygen atoms in total. The van der Waals surface area contributed by atoms with Gasteiger partial charge >= 0.3 is 0 Å². The van der Waals surface area contributed by atoms with E-state index in [0.717, 1.165) is 25.3 Å². The highest BCUT2D eigenvalue weighted by molar-refractivity contribution is 5.11. The number of hydrogen-bond donors (Lipinski definition) is 1. The van der Waals surface area contributed by atoms with Gasteiger partial charge in [0.2, 0.25) is 0 Å². The van der Waals surface area contributed by atoms with Crippen molar-refractivity contribution >= 4 is 0 Å². The van der Waals surface area contributed by atoms with E-state index in [1.807, 2.05) is 0 Å². The Morgan fingerprint density at radius 3 is 2.71 bits per heavy atom. The predicted octanol–water partition coefficient (Wildman–Crippen LogP) is 2.70. The first-order valence-corrected chi connectivity index (χ1v) is 5.78. The fraction of sp³-hybridized carbons (Fsp3) is 0.917. The molecule has 0 amide bonds. The molecule has 0 aromatic rings. The second kappa shape index (κ2) is 4.79. The Hall–Kier alpha value is -0.550. The second-order valence-corrected chi connectivity index (χ2v) is 4.99. The van der Waals surface area contributed by atoms with Crippen LogP contribution in [0.2, 0.25) is 0 Å². The molecule has 1 aliphatic rings. The zero-order valence-electron chi connectivity index (χ0n) is 9.64. The number of nitriles is 1. The van der Waals surface area contributed by atoms with Crippen LogP contribution in [0.1, 0.15) is 46.5 Å². The Morgan fingerprint density at radius 1 is 1.57 bits per heavy atom. The van der Waals surface area contributed by atoms with Crippen molar-refractivity contribution in [3.63, 3.8) is 0 Å². The van der Waals surface area contributed by atoms with E-state index in [1.165, 1.54) is 12.8 Å². The summed E-state index contributed by atoms with van der Waals surface area (Å²) in [5.74, 6) is 1.38. The monoisotopic (exact) mass is 194 g/mol. The molecule has 1 fully saturated rings. The normalized spacial score (nSPS) is 32.1. The molecular weight excluding hydrogens is 172 g/mol. The van der Waals surface area contributed by atoms with E-state index < -0.39 is 0 Å². The van der Waals surface area contributed by atoms with Crippen molar-refractivity contribution in [3.8, 4) is 6.07 Å². The predicted molar refractivity (Wildman–Crippen MR) is 58.8 cm³/mol. The fourth-order valence-corrected chi connectivity index (χ4v) is 2.20. The molecule has 2 unspecified atom stereocenters. The first-order valence-electron chi connectivity index (χ1n) is 5.78. The van der Waals surface area contributed by atoms with E-state index in [4.69, 9.17) is 0 Å². The zero-order valence-corrected chi connectivity index (χ0v) is 9.64. The lowest BCUT2D eigenvalue weighted by atomic mass is 9.96.